The Kier molecular flexibility index (Phi) is 12.4. The number of carbonyl (C=O) groups is 3. The average Bonchev–Trinajstić information content (AvgIpc) is 2.72. The number of amides is 2. The monoisotopic (exact) mass is 436 g/mol. The summed E-state index contributed by atoms with van der Waals surface area (Å²) in [4.78, 5) is 34.1. The van der Waals surface area contributed by atoms with Gasteiger partial charge in [0.15, 0.2) is 11.5 Å². The lowest BCUT2D eigenvalue weighted by Gasteiger charge is -2.12. The second-order valence-electron chi connectivity index (χ2n) is 7.13. The Morgan fingerprint density at radius 2 is 1.90 bits per heavy atom. The number of ether oxygens (including phenoxy) is 3. The van der Waals surface area contributed by atoms with Gasteiger partial charge in [-0.25, -0.2) is 9.59 Å². The number of aliphatic carboxylic acids is 1. The molecule has 0 aromatic heterocycles. The van der Waals surface area contributed by atoms with Crippen LogP contribution in [0.5, 0.6) is 11.5 Å². The first kappa shape index (κ1) is 26.0. The van der Waals surface area contributed by atoms with Gasteiger partial charge in [0.2, 0.25) is 5.91 Å². The maximum Gasteiger partial charge on any atom is 0.414 e. The minimum atomic E-state index is -1.14. The summed E-state index contributed by atoms with van der Waals surface area (Å²) in [7, 11) is 1.44. The van der Waals surface area contributed by atoms with E-state index in [-0.39, 0.29) is 18.4 Å². The molecule has 0 fully saturated rings. The fraction of sp³-hybridized carbons (Fsp3) is 0.500. The van der Waals surface area contributed by atoms with Crippen molar-refractivity contribution in [3.63, 3.8) is 0 Å². The van der Waals surface area contributed by atoms with Crippen LogP contribution in [0, 0.1) is 5.92 Å². The van der Waals surface area contributed by atoms with Crippen LogP contribution < -0.4 is 20.1 Å². The number of nitrogens with one attached hydrogen (secondary N) is 2. The molecule has 0 aliphatic rings. The van der Waals surface area contributed by atoms with E-state index in [0.29, 0.717) is 24.6 Å². The lowest BCUT2D eigenvalue weighted by molar-refractivity contribution is -0.142. The molecule has 2 amide bonds. The Balaban J connectivity index is 2.40. The summed E-state index contributed by atoms with van der Waals surface area (Å²) < 4.78 is 15.1. The lowest BCUT2D eigenvalue weighted by atomic mass is 10.1. The van der Waals surface area contributed by atoms with Crippen molar-refractivity contribution in [2.45, 2.75) is 46.1 Å². The number of unbranched alkanes of at least 4 members (excludes halogenated alkanes) is 2. The predicted octanol–water partition coefficient (Wildman–Crippen LogP) is 3.23. The van der Waals surface area contributed by atoms with Crippen molar-refractivity contribution in [3.05, 3.63) is 35.9 Å². The first-order valence-electron chi connectivity index (χ1n) is 10.2. The highest BCUT2D eigenvalue weighted by Gasteiger charge is 2.11. The van der Waals surface area contributed by atoms with E-state index in [4.69, 9.17) is 19.3 Å². The molecule has 3 N–H and O–H groups in total. The number of allylic oxidation sites excluding steroid dienone is 2. The minimum Gasteiger partial charge on any atom is -0.493 e. The fourth-order valence-electron chi connectivity index (χ4n) is 2.50. The van der Waals surface area contributed by atoms with Gasteiger partial charge in [0, 0.05) is 13.0 Å². The molecule has 0 saturated heterocycles. The van der Waals surface area contributed by atoms with Crippen LogP contribution in [0.4, 0.5) is 4.79 Å². The first-order valence-corrected chi connectivity index (χ1v) is 10.2. The van der Waals surface area contributed by atoms with Gasteiger partial charge in [-0.2, -0.15) is 0 Å². The van der Waals surface area contributed by atoms with E-state index in [1.165, 1.54) is 7.11 Å². The smallest absolute Gasteiger partial charge is 0.414 e. The van der Waals surface area contributed by atoms with Crippen molar-refractivity contribution in [2.75, 3.05) is 20.4 Å². The number of rotatable bonds is 14. The van der Waals surface area contributed by atoms with E-state index in [1.54, 1.807) is 18.2 Å². The summed E-state index contributed by atoms with van der Waals surface area (Å²) in [5.74, 6) is -0.108. The van der Waals surface area contributed by atoms with Gasteiger partial charge in [-0.05, 0) is 42.9 Å². The van der Waals surface area contributed by atoms with E-state index in [2.05, 4.69) is 36.6 Å². The number of hydrogen-bond acceptors (Lipinski definition) is 6. The second kappa shape index (κ2) is 14.8. The van der Waals surface area contributed by atoms with Crippen LogP contribution in [0.1, 0.15) is 45.1 Å². The summed E-state index contributed by atoms with van der Waals surface area (Å²) in [5, 5.41) is 13.6. The zero-order chi connectivity index (χ0) is 23.1. The van der Waals surface area contributed by atoms with Gasteiger partial charge < -0.3 is 24.6 Å². The highest BCUT2D eigenvalue weighted by atomic mass is 16.6. The van der Waals surface area contributed by atoms with Gasteiger partial charge >= 0.3 is 12.1 Å². The number of carbonyl (C=O) groups excluding carboxylic acids is 2. The highest BCUT2D eigenvalue weighted by molar-refractivity contribution is 5.76. The Bertz CT molecular complexity index is 747. The fourth-order valence-corrected chi connectivity index (χ4v) is 2.50. The number of carboxylic acid groups (broad SMARTS) is 1. The van der Waals surface area contributed by atoms with Crippen molar-refractivity contribution < 1.29 is 33.7 Å². The van der Waals surface area contributed by atoms with E-state index < -0.39 is 18.7 Å². The Morgan fingerprint density at radius 1 is 1.13 bits per heavy atom. The molecule has 0 saturated carbocycles. The van der Waals surface area contributed by atoms with Crippen LogP contribution in [0.25, 0.3) is 0 Å². The number of carboxylic acids is 1. The van der Waals surface area contributed by atoms with Crippen LogP contribution in [0.3, 0.4) is 0 Å². The SMILES string of the molecule is COc1cc(CNC(=O)CCCC/C=C/C(C)C)ccc1OC(=O)NCOCC(=O)O. The zero-order valence-electron chi connectivity index (χ0n) is 18.3. The zero-order valence-corrected chi connectivity index (χ0v) is 18.3. The highest BCUT2D eigenvalue weighted by Crippen LogP contribution is 2.28. The maximum atomic E-state index is 12.0. The molecule has 0 aliphatic carbocycles. The van der Waals surface area contributed by atoms with Gasteiger partial charge in [0.1, 0.15) is 13.3 Å². The molecule has 9 nitrogen and oxygen atoms in total. The third-order valence-electron chi connectivity index (χ3n) is 4.01. The van der Waals surface area contributed by atoms with Crippen LogP contribution in [0.2, 0.25) is 0 Å². The Morgan fingerprint density at radius 3 is 2.58 bits per heavy atom. The summed E-state index contributed by atoms with van der Waals surface area (Å²) in [6, 6.07) is 4.93. The minimum absolute atomic E-state index is 0.0205. The van der Waals surface area contributed by atoms with Gasteiger partial charge in [0.25, 0.3) is 0 Å². The Hall–Kier alpha value is -3.07. The molecule has 0 unspecified atom stereocenters. The summed E-state index contributed by atoms with van der Waals surface area (Å²) >= 11 is 0. The van der Waals surface area contributed by atoms with E-state index in [1.807, 2.05) is 0 Å². The van der Waals surface area contributed by atoms with Crippen molar-refractivity contribution in [1.29, 1.82) is 0 Å². The number of methoxy groups -OCH3 is 1. The van der Waals surface area contributed by atoms with Crippen LogP contribution in [-0.2, 0) is 20.9 Å². The van der Waals surface area contributed by atoms with Crippen molar-refractivity contribution >= 4 is 18.0 Å². The predicted molar refractivity (Wildman–Crippen MR) is 115 cm³/mol. The maximum absolute atomic E-state index is 12.0. The average molecular weight is 437 g/mol. The third kappa shape index (κ3) is 12.3. The molecule has 31 heavy (non-hydrogen) atoms. The molecule has 0 spiro atoms. The van der Waals surface area contributed by atoms with Crippen molar-refractivity contribution in [2.24, 2.45) is 5.92 Å². The quantitative estimate of drug-likeness (QED) is 0.232. The van der Waals surface area contributed by atoms with Crippen LogP contribution in [-0.4, -0.2) is 43.5 Å². The molecule has 9 heteroatoms. The van der Waals surface area contributed by atoms with Gasteiger partial charge in [-0.1, -0.05) is 32.1 Å². The molecule has 1 aromatic carbocycles. The molecule has 0 heterocycles. The van der Waals surface area contributed by atoms with Gasteiger partial charge in [-0.15, -0.1) is 0 Å². The standard InChI is InChI=1S/C22H32N2O7/c1-16(2)8-6-4-5-7-9-20(25)23-13-17-10-11-18(19(12-17)29-3)31-22(28)24-15-30-14-21(26)27/h6,8,10-12,16H,4-5,7,9,13-15H2,1-3H3,(H,23,25)(H,24,28)(H,26,27)/b8-6+. The molecular weight excluding hydrogens is 404 g/mol. The largest absolute Gasteiger partial charge is 0.493 e. The number of hydrogen-bond donors (Lipinski definition) is 3. The first-order chi connectivity index (χ1) is 14.8. The van der Waals surface area contributed by atoms with Crippen molar-refractivity contribution in [3.8, 4) is 11.5 Å². The van der Waals surface area contributed by atoms with Crippen molar-refractivity contribution in [1.82, 2.24) is 10.6 Å². The van der Waals surface area contributed by atoms with Crippen LogP contribution >= 0.6 is 0 Å². The molecule has 0 bridgehead atoms. The van der Waals surface area contributed by atoms with Crippen LogP contribution in [0.15, 0.2) is 30.4 Å². The molecule has 0 radical (unpaired) electrons. The van der Waals surface area contributed by atoms with Gasteiger partial charge in [0.05, 0.1) is 7.11 Å². The normalized spacial score (nSPS) is 10.8. The molecule has 172 valence electrons. The topological polar surface area (TPSA) is 123 Å². The summed E-state index contributed by atoms with van der Waals surface area (Å²) in [6.45, 7) is 3.77. The van der Waals surface area contributed by atoms with E-state index >= 15 is 0 Å². The summed E-state index contributed by atoms with van der Waals surface area (Å²) in [5.41, 5.74) is 0.794. The lowest BCUT2D eigenvalue weighted by Crippen LogP contribution is -2.30. The second-order valence-corrected chi connectivity index (χ2v) is 7.13. The molecule has 1 aromatic rings. The molecule has 0 aliphatic heterocycles. The Labute approximate surface area is 182 Å². The molecule has 0 atom stereocenters. The summed E-state index contributed by atoms with van der Waals surface area (Å²) in [6.07, 6.45) is 6.75. The molecular formula is C22H32N2O7. The van der Waals surface area contributed by atoms with E-state index in [9.17, 15) is 14.4 Å². The van der Waals surface area contributed by atoms with E-state index in [0.717, 1.165) is 24.8 Å². The number of benzene rings is 1. The third-order valence-corrected chi connectivity index (χ3v) is 4.01. The molecule has 1 rings (SSSR count). The van der Waals surface area contributed by atoms with Gasteiger partial charge in [-0.3, -0.25) is 10.1 Å².